The van der Waals surface area contributed by atoms with E-state index in [0.29, 0.717) is 16.5 Å². The highest BCUT2D eigenvalue weighted by Gasteiger charge is 1.87. The molecule has 0 spiro atoms. The first-order valence-corrected chi connectivity index (χ1v) is 2.55. The third-order valence-electron chi connectivity index (χ3n) is 0.384. The first-order valence-electron chi connectivity index (χ1n) is 1.79. The van der Waals surface area contributed by atoms with E-state index in [9.17, 15) is 0 Å². The Morgan fingerprint density at radius 3 is 1.43 bits per heavy atom. The van der Waals surface area contributed by atoms with Crippen LogP contribution in [0.3, 0.4) is 0 Å². The second-order valence-electron chi connectivity index (χ2n) is 1.21. The molecule has 7 heavy (non-hydrogen) atoms. The van der Waals surface area contributed by atoms with Crippen molar-refractivity contribution in [3.8, 4) is 0 Å². The Morgan fingerprint density at radius 2 is 1.43 bits per heavy atom. The molecule has 0 aromatic rings. The smallest absolute Gasteiger partial charge is 0.0179 e. The van der Waals surface area contributed by atoms with E-state index in [0.717, 1.165) is 0 Å². The lowest BCUT2D eigenvalue weighted by Crippen LogP contribution is -1.66. The molecule has 0 N–H and O–H groups in total. The lowest BCUT2D eigenvalue weighted by Gasteiger charge is -1.88. The van der Waals surface area contributed by atoms with Gasteiger partial charge in [0.15, 0.2) is 0 Å². The van der Waals surface area contributed by atoms with Gasteiger partial charge in [0.05, 0.1) is 0 Å². The molecule has 0 rings (SSSR count). The van der Waals surface area contributed by atoms with E-state index in [1.54, 1.807) is 0 Å². The van der Waals surface area contributed by atoms with Crippen LogP contribution in [0.1, 0.15) is 6.42 Å². The number of rotatable bonds is 2. The van der Waals surface area contributed by atoms with Crippen LogP contribution < -0.4 is 0 Å². The van der Waals surface area contributed by atoms with E-state index in [1.807, 2.05) is 0 Å². The van der Waals surface area contributed by atoms with Crippen LogP contribution in [0.25, 0.3) is 0 Å². The minimum absolute atomic E-state index is 0.503. The molecular weight excluding hydrogens is 131 g/mol. The molecule has 0 unspecified atom stereocenters. The first-order chi connectivity index (χ1) is 3.13. The summed E-state index contributed by atoms with van der Waals surface area (Å²) in [5.74, 6) is 0. The standard InChI is InChI=1S/C5H6Cl2/c1-4(6)3-5(2)7/h1-3H2. The number of allylic oxidation sites excluding steroid dienone is 2. The molecule has 2 heteroatoms. The zero-order valence-corrected chi connectivity index (χ0v) is 5.39. The van der Waals surface area contributed by atoms with Gasteiger partial charge in [-0.2, -0.15) is 0 Å². The van der Waals surface area contributed by atoms with Crippen molar-refractivity contribution in [3.63, 3.8) is 0 Å². The van der Waals surface area contributed by atoms with Gasteiger partial charge in [-0.1, -0.05) is 36.4 Å². The zero-order valence-electron chi connectivity index (χ0n) is 3.88. The summed E-state index contributed by atoms with van der Waals surface area (Å²) in [7, 11) is 0. The van der Waals surface area contributed by atoms with Gasteiger partial charge in [0, 0.05) is 16.5 Å². The predicted octanol–water partition coefficient (Wildman–Crippen LogP) is 2.88. The Morgan fingerprint density at radius 1 is 1.14 bits per heavy atom. The summed E-state index contributed by atoms with van der Waals surface area (Å²) in [6, 6.07) is 0. The van der Waals surface area contributed by atoms with Gasteiger partial charge < -0.3 is 0 Å². The van der Waals surface area contributed by atoms with E-state index in [-0.39, 0.29) is 0 Å². The highest BCUT2D eigenvalue weighted by molar-refractivity contribution is 6.33. The molecule has 0 aromatic carbocycles. The van der Waals surface area contributed by atoms with Crippen LogP contribution in [0.15, 0.2) is 23.2 Å². The summed E-state index contributed by atoms with van der Waals surface area (Å²) in [5, 5.41) is 1.06. The number of hydrogen-bond acceptors (Lipinski definition) is 0. The lowest BCUT2D eigenvalue weighted by atomic mass is 10.4. The molecular formula is C5H6Cl2. The van der Waals surface area contributed by atoms with Crippen molar-refractivity contribution < 1.29 is 0 Å². The van der Waals surface area contributed by atoms with Crippen molar-refractivity contribution in [2.75, 3.05) is 0 Å². The molecule has 0 saturated carbocycles. The Bertz CT molecular complexity index is 82.3. The molecule has 0 nitrogen and oxygen atoms in total. The molecule has 0 aliphatic heterocycles. The minimum atomic E-state index is 0.503. The molecule has 0 bridgehead atoms. The van der Waals surface area contributed by atoms with Gasteiger partial charge in [-0.15, -0.1) is 0 Å². The third kappa shape index (κ3) is 6.06. The highest BCUT2D eigenvalue weighted by Crippen LogP contribution is 2.12. The fourth-order valence-electron chi connectivity index (χ4n) is 0.208. The molecule has 40 valence electrons. The van der Waals surface area contributed by atoms with Crippen molar-refractivity contribution >= 4 is 23.2 Å². The minimum Gasteiger partial charge on any atom is -0.0894 e. The Hall–Kier alpha value is 0.0600. The molecule has 0 radical (unpaired) electrons. The molecule has 0 saturated heterocycles. The quantitative estimate of drug-likeness (QED) is 0.548. The normalized spacial score (nSPS) is 8.29. The van der Waals surface area contributed by atoms with Crippen molar-refractivity contribution in [3.05, 3.63) is 23.2 Å². The lowest BCUT2D eigenvalue weighted by molar-refractivity contribution is 1.34. The summed E-state index contributed by atoms with van der Waals surface area (Å²) < 4.78 is 0. The van der Waals surface area contributed by atoms with Crippen LogP contribution in [0.4, 0.5) is 0 Å². The van der Waals surface area contributed by atoms with Gasteiger partial charge in [-0.25, -0.2) is 0 Å². The van der Waals surface area contributed by atoms with Crippen molar-refractivity contribution in [1.82, 2.24) is 0 Å². The molecule has 0 aliphatic carbocycles. The Kier molecular flexibility index (Phi) is 3.14. The topological polar surface area (TPSA) is 0 Å². The van der Waals surface area contributed by atoms with Gasteiger partial charge in [0.25, 0.3) is 0 Å². The Labute approximate surface area is 53.4 Å². The average Bonchev–Trinajstić information content (AvgIpc) is 1.27. The summed E-state index contributed by atoms with van der Waals surface area (Å²) >= 11 is 10.7. The van der Waals surface area contributed by atoms with Crippen molar-refractivity contribution in [2.45, 2.75) is 6.42 Å². The van der Waals surface area contributed by atoms with Crippen LogP contribution >= 0.6 is 23.2 Å². The average molecular weight is 137 g/mol. The van der Waals surface area contributed by atoms with E-state index < -0.39 is 0 Å². The summed E-state index contributed by atoms with van der Waals surface area (Å²) in [6.45, 7) is 6.83. The van der Waals surface area contributed by atoms with E-state index in [1.165, 1.54) is 0 Å². The second-order valence-corrected chi connectivity index (χ2v) is 2.28. The summed E-state index contributed by atoms with van der Waals surface area (Å²) in [5.41, 5.74) is 0. The number of halogens is 2. The van der Waals surface area contributed by atoms with Crippen molar-refractivity contribution in [1.29, 1.82) is 0 Å². The summed E-state index contributed by atoms with van der Waals surface area (Å²) in [6.07, 6.45) is 0.503. The predicted molar refractivity (Wildman–Crippen MR) is 34.6 cm³/mol. The van der Waals surface area contributed by atoms with Gasteiger partial charge in [0.2, 0.25) is 0 Å². The second kappa shape index (κ2) is 3.11. The SMILES string of the molecule is C=C(Cl)CC(=C)Cl. The monoisotopic (exact) mass is 136 g/mol. The molecule has 0 aliphatic rings. The van der Waals surface area contributed by atoms with Crippen molar-refractivity contribution in [2.24, 2.45) is 0 Å². The zero-order chi connectivity index (χ0) is 5.86. The van der Waals surface area contributed by atoms with Gasteiger partial charge in [-0.3, -0.25) is 0 Å². The van der Waals surface area contributed by atoms with Crippen LogP contribution in [0.2, 0.25) is 0 Å². The molecule has 0 atom stereocenters. The number of hydrogen-bond donors (Lipinski definition) is 0. The Balaban J connectivity index is 3.32. The van der Waals surface area contributed by atoms with E-state index in [2.05, 4.69) is 13.2 Å². The maximum Gasteiger partial charge on any atom is 0.0179 e. The first kappa shape index (κ1) is 7.06. The maximum atomic E-state index is 5.33. The van der Waals surface area contributed by atoms with Gasteiger partial charge in [0.1, 0.15) is 0 Å². The maximum absolute atomic E-state index is 5.33. The fraction of sp³-hybridized carbons (Fsp3) is 0.200. The van der Waals surface area contributed by atoms with Gasteiger partial charge >= 0.3 is 0 Å². The van der Waals surface area contributed by atoms with Crippen LogP contribution in [-0.4, -0.2) is 0 Å². The largest absolute Gasteiger partial charge is 0.0894 e. The third-order valence-corrected chi connectivity index (χ3v) is 0.651. The molecule has 0 aromatic heterocycles. The van der Waals surface area contributed by atoms with E-state index >= 15 is 0 Å². The molecule has 0 heterocycles. The molecule has 0 amide bonds. The van der Waals surface area contributed by atoms with Gasteiger partial charge in [-0.05, 0) is 0 Å². The van der Waals surface area contributed by atoms with Crippen LogP contribution in [-0.2, 0) is 0 Å². The molecule has 0 fully saturated rings. The summed E-state index contributed by atoms with van der Waals surface area (Å²) in [4.78, 5) is 0. The van der Waals surface area contributed by atoms with E-state index in [4.69, 9.17) is 23.2 Å². The fourth-order valence-corrected chi connectivity index (χ4v) is 0.599. The highest BCUT2D eigenvalue weighted by atomic mass is 35.5. The van der Waals surface area contributed by atoms with Crippen LogP contribution in [0.5, 0.6) is 0 Å². The van der Waals surface area contributed by atoms with Crippen LogP contribution in [0, 0.1) is 0 Å².